The van der Waals surface area contributed by atoms with E-state index in [2.05, 4.69) is 14.8 Å². The molecule has 8 heteroatoms. The van der Waals surface area contributed by atoms with Crippen molar-refractivity contribution < 1.29 is 9.47 Å². The van der Waals surface area contributed by atoms with Crippen molar-refractivity contribution in [2.45, 2.75) is 38.1 Å². The van der Waals surface area contributed by atoms with Crippen LogP contribution in [0.1, 0.15) is 38.1 Å². The molecule has 1 N–H and O–H groups in total. The topological polar surface area (TPSA) is 77.3 Å². The summed E-state index contributed by atoms with van der Waals surface area (Å²) in [6.45, 7) is 2.95. The van der Waals surface area contributed by atoms with Gasteiger partial charge in [-0.1, -0.05) is 37.5 Å². The van der Waals surface area contributed by atoms with Crippen molar-refractivity contribution in [1.29, 1.82) is 0 Å². The van der Waals surface area contributed by atoms with E-state index >= 15 is 0 Å². The number of ether oxygens (including phenoxy) is 2. The standard InChI is InChI=1S/C27H30N6O2/c1-3-7-21(8-4-1)33-19-28-24-25(30-27(31-26(24)33)32-15-17-34-18-16-32)29-20-11-13-23(14-12-20)35-22-9-5-2-6-10-22/h2,5-6,9-14,19,21H,1,3-4,7-8,15-18H2,(H,29,30,31). The number of nitrogens with zero attached hydrogens (tertiary/aromatic N) is 5. The Balaban J connectivity index is 1.31. The molecule has 2 aromatic carbocycles. The van der Waals surface area contributed by atoms with E-state index in [-0.39, 0.29) is 0 Å². The van der Waals surface area contributed by atoms with Gasteiger partial charge in [0.1, 0.15) is 11.5 Å². The Labute approximate surface area is 204 Å². The predicted molar refractivity (Wildman–Crippen MR) is 137 cm³/mol. The second-order valence-corrected chi connectivity index (χ2v) is 9.15. The van der Waals surface area contributed by atoms with Gasteiger partial charge in [0.25, 0.3) is 0 Å². The molecule has 2 aromatic heterocycles. The van der Waals surface area contributed by atoms with E-state index in [4.69, 9.17) is 24.4 Å². The van der Waals surface area contributed by atoms with Crippen LogP contribution in [0.5, 0.6) is 11.5 Å². The molecular weight excluding hydrogens is 440 g/mol. The summed E-state index contributed by atoms with van der Waals surface area (Å²) < 4.78 is 13.8. The molecule has 0 bridgehead atoms. The highest BCUT2D eigenvalue weighted by Crippen LogP contribution is 2.33. The molecule has 6 rings (SSSR count). The van der Waals surface area contributed by atoms with Gasteiger partial charge < -0.3 is 24.3 Å². The number of anilines is 3. The Hall–Kier alpha value is -3.65. The van der Waals surface area contributed by atoms with Crippen LogP contribution in [0.3, 0.4) is 0 Å². The third-order valence-electron chi connectivity index (χ3n) is 6.77. The molecule has 1 aliphatic heterocycles. The van der Waals surface area contributed by atoms with Gasteiger partial charge >= 0.3 is 0 Å². The van der Waals surface area contributed by atoms with Crippen LogP contribution in [0.4, 0.5) is 17.5 Å². The van der Waals surface area contributed by atoms with Crippen LogP contribution < -0.4 is 15.0 Å². The lowest BCUT2D eigenvalue weighted by Gasteiger charge is -2.27. The van der Waals surface area contributed by atoms with Gasteiger partial charge in [0.2, 0.25) is 5.95 Å². The Bertz CT molecular complexity index is 1260. The average molecular weight is 471 g/mol. The first-order valence-corrected chi connectivity index (χ1v) is 12.5. The fourth-order valence-corrected chi connectivity index (χ4v) is 4.89. The molecule has 0 radical (unpaired) electrons. The van der Waals surface area contributed by atoms with Crippen molar-refractivity contribution in [3.05, 3.63) is 60.9 Å². The largest absolute Gasteiger partial charge is 0.457 e. The van der Waals surface area contributed by atoms with Crippen LogP contribution in [-0.2, 0) is 4.74 Å². The highest BCUT2D eigenvalue weighted by atomic mass is 16.5. The van der Waals surface area contributed by atoms with Gasteiger partial charge in [0.05, 0.1) is 19.5 Å². The maximum atomic E-state index is 5.94. The average Bonchev–Trinajstić information content (AvgIpc) is 3.36. The van der Waals surface area contributed by atoms with E-state index in [0.29, 0.717) is 19.3 Å². The summed E-state index contributed by atoms with van der Waals surface area (Å²) in [5, 5.41) is 3.49. The van der Waals surface area contributed by atoms with Crippen LogP contribution >= 0.6 is 0 Å². The summed E-state index contributed by atoms with van der Waals surface area (Å²) in [6, 6.07) is 18.1. The number of hydrogen-bond acceptors (Lipinski definition) is 7. The minimum absolute atomic E-state index is 0.448. The quantitative estimate of drug-likeness (QED) is 0.387. The molecule has 3 heterocycles. The molecule has 0 atom stereocenters. The van der Waals surface area contributed by atoms with E-state index in [0.717, 1.165) is 53.2 Å². The Kier molecular flexibility index (Phi) is 6.19. The molecule has 8 nitrogen and oxygen atoms in total. The molecule has 2 aliphatic rings. The molecular formula is C27H30N6O2. The number of hydrogen-bond donors (Lipinski definition) is 1. The SMILES string of the molecule is c1ccc(Oc2ccc(Nc3nc(N4CCOCC4)nc4c3ncn4C3CCCCC3)cc2)cc1. The van der Waals surface area contributed by atoms with E-state index < -0.39 is 0 Å². The number of para-hydroxylation sites is 1. The molecule has 35 heavy (non-hydrogen) atoms. The van der Waals surface area contributed by atoms with Gasteiger partial charge in [-0.15, -0.1) is 0 Å². The summed E-state index contributed by atoms with van der Waals surface area (Å²) in [7, 11) is 0. The minimum Gasteiger partial charge on any atom is -0.457 e. The van der Waals surface area contributed by atoms with Crippen LogP contribution in [0.25, 0.3) is 11.2 Å². The number of morpholine rings is 1. The van der Waals surface area contributed by atoms with E-state index in [9.17, 15) is 0 Å². The molecule has 180 valence electrons. The zero-order valence-corrected chi connectivity index (χ0v) is 19.8. The highest BCUT2D eigenvalue weighted by molar-refractivity contribution is 5.86. The van der Waals surface area contributed by atoms with Crippen molar-refractivity contribution in [2.75, 3.05) is 36.5 Å². The van der Waals surface area contributed by atoms with Crippen molar-refractivity contribution in [3.63, 3.8) is 0 Å². The fraction of sp³-hybridized carbons (Fsp3) is 0.370. The second kappa shape index (κ2) is 9.92. The summed E-state index contributed by atoms with van der Waals surface area (Å²) in [4.78, 5) is 16.9. The maximum absolute atomic E-state index is 5.94. The fourth-order valence-electron chi connectivity index (χ4n) is 4.89. The molecule has 1 aliphatic carbocycles. The van der Waals surface area contributed by atoms with Gasteiger partial charge in [0.15, 0.2) is 17.0 Å². The highest BCUT2D eigenvalue weighted by Gasteiger charge is 2.23. The first-order valence-electron chi connectivity index (χ1n) is 12.5. The zero-order valence-electron chi connectivity index (χ0n) is 19.8. The smallest absolute Gasteiger partial charge is 0.229 e. The summed E-state index contributed by atoms with van der Waals surface area (Å²) >= 11 is 0. The summed E-state index contributed by atoms with van der Waals surface area (Å²) in [6.07, 6.45) is 8.12. The summed E-state index contributed by atoms with van der Waals surface area (Å²) in [5.74, 6) is 3.05. The lowest BCUT2D eigenvalue weighted by Crippen LogP contribution is -2.37. The van der Waals surface area contributed by atoms with E-state index in [1.165, 1.54) is 32.1 Å². The summed E-state index contributed by atoms with van der Waals surface area (Å²) in [5.41, 5.74) is 2.63. The van der Waals surface area contributed by atoms with Gasteiger partial charge in [-0.2, -0.15) is 9.97 Å². The third kappa shape index (κ3) is 4.79. The molecule has 2 fully saturated rings. The van der Waals surface area contributed by atoms with Crippen molar-refractivity contribution in [3.8, 4) is 11.5 Å². The zero-order chi connectivity index (χ0) is 23.5. The normalized spacial score (nSPS) is 17.0. The van der Waals surface area contributed by atoms with Crippen molar-refractivity contribution >= 4 is 28.6 Å². The molecule has 0 unspecified atom stereocenters. The number of imidazole rings is 1. The first kappa shape index (κ1) is 21.9. The Morgan fingerprint density at radius 3 is 2.37 bits per heavy atom. The second-order valence-electron chi connectivity index (χ2n) is 9.15. The van der Waals surface area contributed by atoms with Crippen molar-refractivity contribution in [2.24, 2.45) is 0 Å². The molecule has 1 saturated carbocycles. The van der Waals surface area contributed by atoms with E-state index in [1.807, 2.05) is 60.9 Å². The number of rotatable bonds is 6. The number of aromatic nitrogens is 4. The third-order valence-corrected chi connectivity index (χ3v) is 6.77. The first-order chi connectivity index (χ1) is 17.3. The maximum Gasteiger partial charge on any atom is 0.229 e. The molecule has 4 aromatic rings. The molecule has 1 saturated heterocycles. The van der Waals surface area contributed by atoms with Gasteiger partial charge in [-0.05, 0) is 49.2 Å². The lowest BCUT2D eigenvalue weighted by atomic mass is 9.95. The Morgan fingerprint density at radius 2 is 1.60 bits per heavy atom. The van der Waals surface area contributed by atoms with E-state index in [1.54, 1.807) is 0 Å². The Morgan fingerprint density at radius 1 is 0.857 bits per heavy atom. The van der Waals surface area contributed by atoms with Gasteiger partial charge in [0, 0.05) is 24.8 Å². The van der Waals surface area contributed by atoms with Gasteiger partial charge in [-0.3, -0.25) is 0 Å². The number of nitrogens with one attached hydrogen (secondary N) is 1. The monoisotopic (exact) mass is 470 g/mol. The van der Waals surface area contributed by atoms with Crippen LogP contribution in [0, 0.1) is 0 Å². The van der Waals surface area contributed by atoms with Gasteiger partial charge in [-0.25, -0.2) is 4.98 Å². The minimum atomic E-state index is 0.448. The number of fused-ring (bicyclic) bond motifs is 1. The van der Waals surface area contributed by atoms with Crippen molar-refractivity contribution in [1.82, 2.24) is 19.5 Å². The molecule has 0 spiro atoms. The van der Waals surface area contributed by atoms with Crippen LogP contribution in [0.2, 0.25) is 0 Å². The number of benzene rings is 2. The predicted octanol–water partition coefficient (Wildman–Crippen LogP) is 5.70. The lowest BCUT2D eigenvalue weighted by molar-refractivity contribution is 0.122. The van der Waals surface area contributed by atoms with Crippen LogP contribution in [-0.4, -0.2) is 45.8 Å². The van der Waals surface area contributed by atoms with Crippen LogP contribution in [0.15, 0.2) is 60.9 Å². The molecule has 0 amide bonds.